The van der Waals surface area contributed by atoms with Gasteiger partial charge in [-0.3, -0.25) is 0 Å². The zero-order valence-corrected chi connectivity index (χ0v) is 17.0. The van der Waals surface area contributed by atoms with Crippen molar-refractivity contribution in [2.45, 2.75) is 32.4 Å². The van der Waals surface area contributed by atoms with Gasteiger partial charge in [0.25, 0.3) is 0 Å². The van der Waals surface area contributed by atoms with E-state index in [0.717, 1.165) is 22.5 Å². The van der Waals surface area contributed by atoms with Crippen LogP contribution in [0.15, 0.2) is 21.6 Å². The van der Waals surface area contributed by atoms with Gasteiger partial charge in [0.15, 0.2) is 17.5 Å². The van der Waals surface area contributed by atoms with E-state index in [9.17, 15) is 0 Å². The Morgan fingerprint density at radius 1 is 1.27 bits per heavy atom. The third-order valence-corrected chi connectivity index (χ3v) is 3.96. The van der Waals surface area contributed by atoms with E-state index in [4.69, 9.17) is 9.47 Å². The van der Waals surface area contributed by atoms with Crippen molar-refractivity contribution in [3.63, 3.8) is 0 Å². The van der Waals surface area contributed by atoms with E-state index in [1.165, 1.54) is 12.8 Å². The van der Waals surface area contributed by atoms with Gasteiger partial charge in [-0.1, -0.05) is 15.9 Å². The molecule has 0 spiro atoms. The number of rotatable bonds is 6. The first-order valence-electron chi connectivity index (χ1n) is 7.13. The number of hydrogen-bond donors (Lipinski definition) is 2. The summed E-state index contributed by atoms with van der Waals surface area (Å²) in [5.74, 6) is 2.29. The summed E-state index contributed by atoms with van der Waals surface area (Å²) in [6, 6.07) is 4.44. The maximum atomic E-state index is 5.34. The van der Waals surface area contributed by atoms with Crippen molar-refractivity contribution in [3.05, 3.63) is 22.2 Å². The van der Waals surface area contributed by atoms with Crippen molar-refractivity contribution >= 4 is 45.9 Å². The highest BCUT2D eigenvalue weighted by Crippen LogP contribution is 2.33. The molecule has 1 saturated carbocycles. The van der Waals surface area contributed by atoms with Gasteiger partial charge in [0.2, 0.25) is 0 Å². The Morgan fingerprint density at radius 2 is 1.91 bits per heavy atom. The Labute approximate surface area is 157 Å². The average Bonchev–Trinajstić information content (AvgIpc) is 3.29. The first-order valence-corrected chi connectivity index (χ1v) is 7.92. The summed E-state index contributed by atoms with van der Waals surface area (Å²) < 4.78 is 11.6. The van der Waals surface area contributed by atoms with Gasteiger partial charge >= 0.3 is 0 Å². The number of benzene rings is 1. The van der Waals surface area contributed by atoms with E-state index < -0.39 is 0 Å². The molecule has 0 amide bonds. The molecule has 124 valence electrons. The summed E-state index contributed by atoms with van der Waals surface area (Å²) >= 11 is 3.56. The maximum absolute atomic E-state index is 5.34. The highest BCUT2D eigenvalue weighted by Gasteiger charge is 2.22. The van der Waals surface area contributed by atoms with Crippen LogP contribution in [0.2, 0.25) is 0 Å². The zero-order chi connectivity index (χ0) is 15.2. The topological polar surface area (TPSA) is 54.9 Å². The van der Waals surface area contributed by atoms with Crippen LogP contribution in [0, 0.1) is 0 Å². The number of halogens is 2. The second-order valence-electron chi connectivity index (χ2n) is 4.91. The molecule has 1 fully saturated rings. The van der Waals surface area contributed by atoms with Crippen molar-refractivity contribution in [3.8, 4) is 11.5 Å². The fraction of sp³-hybridized carbons (Fsp3) is 0.533. The average molecular weight is 484 g/mol. The van der Waals surface area contributed by atoms with E-state index in [-0.39, 0.29) is 24.0 Å². The van der Waals surface area contributed by atoms with E-state index in [1.807, 2.05) is 12.1 Å². The third-order valence-electron chi connectivity index (χ3n) is 3.22. The molecule has 5 nitrogen and oxygen atoms in total. The second kappa shape index (κ2) is 9.44. The molecule has 0 aliphatic heterocycles. The smallest absolute Gasteiger partial charge is 0.191 e. The SMILES string of the molecule is CCNC(=NCc1cc(OC)c(OC)cc1Br)NC1CC1.I. The van der Waals surface area contributed by atoms with Crippen LogP contribution in [0.1, 0.15) is 25.3 Å². The molecule has 1 aromatic rings. The predicted molar refractivity (Wildman–Crippen MR) is 104 cm³/mol. The second-order valence-corrected chi connectivity index (χ2v) is 5.77. The van der Waals surface area contributed by atoms with Gasteiger partial charge in [0, 0.05) is 17.1 Å². The standard InChI is InChI=1S/C15H22BrN3O2.HI/c1-4-17-15(19-11-5-6-11)18-9-10-7-13(20-2)14(21-3)8-12(10)16;/h7-8,11H,4-6,9H2,1-3H3,(H2,17,18,19);1H. The molecular weight excluding hydrogens is 461 g/mol. The molecule has 0 saturated heterocycles. The van der Waals surface area contributed by atoms with Crippen LogP contribution < -0.4 is 20.1 Å². The van der Waals surface area contributed by atoms with Gasteiger partial charge < -0.3 is 20.1 Å². The van der Waals surface area contributed by atoms with E-state index >= 15 is 0 Å². The van der Waals surface area contributed by atoms with Gasteiger partial charge in [-0.25, -0.2) is 4.99 Å². The summed E-state index contributed by atoms with van der Waals surface area (Å²) in [6.45, 7) is 3.49. The molecule has 1 aromatic carbocycles. The first-order chi connectivity index (χ1) is 10.2. The summed E-state index contributed by atoms with van der Waals surface area (Å²) in [6.07, 6.45) is 2.45. The lowest BCUT2D eigenvalue weighted by Gasteiger charge is -2.13. The molecule has 22 heavy (non-hydrogen) atoms. The Balaban J connectivity index is 0.00000242. The summed E-state index contributed by atoms with van der Waals surface area (Å²) in [5.41, 5.74) is 1.06. The van der Waals surface area contributed by atoms with Crippen LogP contribution in [0.5, 0.6) is 11.5 Å². The quantitative estimate of drug-likeness (QED) is 0.370. The molecule has 0 aromatic heterocycles. The molecule has 0 unspecified atom stereocenters. The first kappa shape index (κ1) is 19.3. The maximum Gasteiger partial charge on any atom is 0.191 e. The fourth-order valence-electron chi connectivity index (χ4n) is 1.92. The molecule has 2 rings (SSSR count). The lowest BCUT2D eigenvalue weighted by molar-refractivity contribution is 0.354. The predicted octanol–water partition coefficient (Wildman–Crippen LogP) is 3.30. The van der Waals surface area contributed by atoms with Crippen LogP contribution in [-0.4, -0.2) is 32.8 Å². The Bertz CT molecular complexity index is 522. The number of hydrogen-bond acceptors (Lipinski definition) is 3. The van der Waals surface area contributed by atoms with Crippen LogP contribution in [-0.2, 0) is 6.54 Å². The van der Waals surface area contributed by atoms with Crippen molar-refractivity contribution in [2.24, 2.45) is 4.99 Å². The molecule has 1 aliphatic carbocycles. The van der Waals surface area contributed by atoms with E-state index in [2.05, 4.69) is 38.5 Å². The van der Waals surface area contributed by atoms with Crippen LogP contribution in [0.4, 0.5) is 0 Å². The van der Waals surface area contributed by atoms with Gasteiger partial charge in [0.05, 0.1) is 20.8 Å². The molecule has 2 N–H and O–H groups in total. The zero-order valence-electron chi connectivity index (χ0n) is 13.1. The number of methoxy groups -OCH3 is 2. The molecule has 0 atom stereocenters. The fourth-order valence-corrected chi connectivity index (χ4v) is 2.37. The summed E-state index contributed by atoms with van der Waals surface area (Å²) in [5, 5.41) is 6.66. The minimum Gasteiger partial charge on any atom is -0.493 e. The van der Waals surface area contributed by atoms with Gasteiger partial charge in [-0.2, -0.15) is 0 Å². The van der Waals surface area contributed by atoms with Gasteiger partial charge in [-0.05, 0) is 37.5 Å². The molecule has 0 heterocycles. The highest BCUT2D eigenvalue weighted by molar-refractivity contribution is 14.0. The van der Waals surface area contributed by atoms with Gasteiger partial charge in [-0.15, -0.1) is 24.0 Å². The lowest BCUT2D eigenvalue weighted by atomic mass is 10.2. The highest BCUT2D eigenvalue weighted by atomic mass is 127. The van der Waals surface area contributed by atoms with Crippen molar-refractivity contribution in [2.75, 3.05) is 20.8 Å². The van der Waals surface area contributed by atoms with Crippen LogP contribution in [0.3, 0.4) is 0 Å². The summed E-state index contributed by atoms with van der Waals surface area (Å²) in [7, 11) is 3.27. The molecule has 1 aliphatic rings. The van der Waals surface area contributed by atoms with E-state index in [1.54, 1.807) is 14.2 Å². The molecule has 0 bridgehead atoms. The minimum atomic E-state index is 0. The van der Waals surface area contributed by atoms with Gasteiger partial charge in [0.1, 0.15) is 0 Å². The Hall–Kier alpha value is -0.700. The van der Waals surface area contributed by atoms with Crippen molar-refractivity contribution in [1.29, 1.82) is 0 Å². The Kier molecular flexibility index (Phi) is 8.30. The normalized spacial score (nSPS) is 14.1. The number of aliphatic imine (C=N–C) groups is 1. The lowest BCUT2D eigenvalue weighted by Crippen LogP contribution is -2.38. The van der Waals surface area contributed by atoms with E-state index in [0.29, 0.717) is 24.1 Å². The number of nitrogens with one attached hydrogen (secondary N) is 2. The largest absolute Gasteiger partial charge is 0.493 e. The third kappa shape index (κ3) is 5.49. The van der Waals surface area contributed by atoms with Crippen molar-refractivity contribution in [1.82, 2.24) is 10.6 Å². The molecular formula is C15H23BrIN3O2. The van der Waals surface area contributed by atoms with Crippen LogP contribution in [0.25, 0.3) is 0 Å². The van der Waals surface area contributed by atoms with Crippen LogP contribution >= 0.6 is 39.9 Å². The molecule has 0 radical (unpaired) electrons. The number of nitrogens with zero attached hydrogens (tertiary/aromatic N) is 1. The Morgan fingerprint density at radius 3 is 2.45 bits per heavy atom. The minimum absolute atomic E-state index is 0. The number of guanidine groups is 1. The molecule has 7 heteroatoms. The van der Waals surface area contributed by atoms with Crippen molar-refractivity contribution < 1.29 is 9.47 Å². The monoisotopic (exact) mass is 483 g/mol. The number of ether oxygens (including phenoxy) is 2. The summed E-state index contributed by atoms with van der Waals surface area (Å²) in [4.78, 5) is 4.62.